The summed E-state index contributed by atoms with van der Waals surface area (Å²) in [6, 6.07) is 28.9. The minimum absolute atomic E-state index is 0.0917. The molecule has 0 saturated carbocycles. The van der Waals surface area contributed by atoms with Crippen LogP contribution in [0.3, 0.4) is 0 Å². The van der Waals surface area contributed by atoms with Crippen LogP contribution in [0, 0.1) is 0 Å². The van der Waals surface area contributed by atoms with E-state index in [2.05, 4.69) is 5.32 Å². The van der Waals surface area contributed by atoms with Crippen molar-refractivity contribution in [2.24, 2.45) is 0 Å². The Morgan fingerprint density at radius 3 is 2.32 bits per heavy atom. The van der Waals surface area contributed by atoms with Crippen LogP contribution in [0.4, 0.5) is 0 Å². The normalized spacial score (nSPS) is 10.9. The standard InChI is InChI=1S/C29H25NO4/c31-28(30-17-16-21-8-3-1-4-9-21)20-23-18-22(14-15-29(32)33)19-26-25(23)12-7-13-27(26)34-24-10-5-2-6-11-24/h1-15,18-19H,16-17,20H2,(H,30,31)(H,32,33)/b15-14+. The van der Waals surface area contributed by atoms with Crippen LogP contribution in [0.2, 0.25) is 0 Å². The van der Waals surface area contributed by atoms with Crippen molar-refractivity contribution in [3.8, 4) is 11.5 Å². The van der Waals surface area contributed by atoms with Gasteiger partial charge >= 0.3 is 5.97 Å². The number of rotatable bonds is 9. The first-order chi connectivity index (χ1) is 16.6. The summed E-state index contributed by atoms with van der Waals surface area (Å²) in [6.45, 7) is 0.543. The van der Waals surface area contributed by atoms with E-state index >= 15 is 0 Å². The number of carboxylic acids is 1. The summed E-state index contributed by atoms with van der Waals surface area (Å²) in [5.41, 5.74) is 2.65. The maximum atomic E-state index is 12.7. The number of amides is 1. The average molecular weight is 452 g/mol. The maximum Gasteiger partial charge on any atom is 0.328 e. The molecule has 0 aromatic heterocycles. The molecule has 5 nitrogen and oxygen atoms in total. The van der Waals surface area contributed by atoms with Crippen LogP contribution in [0.15, 0.2) is 97.1 Å². The van der Waals surface area contributed by atoms with Crippen molar-refractivity contribution in [3.05, 3.63) is 114 Å². The zero-order valence-electron chi connectivity index (χ0n) is 18.6. The largest absolute Gasteiger partial charge is 0.478 e. The minimum atomic E-state index is -1.03. The van der Waals surface area contributed by atoms with Crippen molar-refractivity contribution in [1.82, 2.24) is 5.32 Å². The van der Waals surface area contributed by atoms with Gasteiger partial charge in [0, 0.05) is 18.0 Å². The quantitative estimate of drug-likeness (QED) is 0.323. The Morgan fingerprint density at radius 1 is 0.853 bits per heavy atom. The van der Waals surface area contributed by atoms with Gasteiger partial charge in [-0.15, -0.1) is 0 Å². The van der Waals surface area contributed by atoms with Crippen molar-refractivity contribution in [2.75, 3.05) is 6.54 Å². The van der Waals surface area contributed by atoms with Gasteiger partial charge in [0.25, 0.3) is 0 Å². The molecule has 0 radical (unpaired) electrons. The predicted molar refractivity (Wildman–Crippen MR) is 134 cm³/mol. The third-order valence-corrected chi connectivity index (χ3v) is 5.38. The van der Waals surface area contributed by atoms with Gasteiger partial charge in [-0.2, -0.15) is 0 Å². The van der Waals surface area contributed by atoms with Crippen molar-refractivity contribution >= 4 is 28.7 Å². The highest BCUT2D eigenvalue weighted by molar-refractivity contribution is 5.96. The van der Waals surface area contributed by atoms with Crippen molar-refractivity contribution in [3.63, 3.8) is 0 Å². The summed E-state index contributed by atoms with van der Waals surface area (Å²) in [7, 11) is 0. The van der Waals surface area contributed by atoms with Crippen LogP contribution >= 0.6 is 0 Å². The molecule has 0 heterocycles. The predicted octanol–water partition coefficient (Wildman–Crippen LogP) is 5.63. The number of carbonyl (C=O) groups is 2. The zero-order valence-corrected chi connectivity index (χ0v) is 18.6. The fourth-order valence-electron chi connectivity index (χ4n) is 3.80. The van der Waals surface area contributed by atoms with Gasteiger partial charge in [0.15, 0.2) is 0 Å². The number of para-hydroxylation sites is 1. The molecule has 0 unspecified atom stereocenters. The number of nitrogens with one attached hydrogen (secondary N) is 1. The molecular weight excluding hydrogens is 426 g/mol. The van der Waals surface area contributed by atoms with Crippen LogP contribution in [-0.2, 0) is 22.4 Å². The third-order valence-electron chi connectivity index (χ3n) is 5.38. The van der Waals surface area contributed by atoms with Gasteiger partial charge in [-0.05, 0) is 58.8 Å². The lowest BCUT2D eigenvalue weighted by molar-refractivity contribution is -0.131. The second-order valence-corrected chi connectivity index (χ2v) is 7.88. The number of benzene rings is 4. The fraction of sp³-hybridized carbons (Fsp3) is 0.103. The highest BCUT2D eigenvalue weighted by Crippen LogP contribution is 2.33. The Hall–Kier alpha value is -4.38. The molecule has 0 aliphatic heterocycles. The first kappa shape index (κ1) is 22.8. The Balaban J connectivity index is 1.60. The number of carboxylic acid groups (broad SMARTS) is 1. The van der Waals surface area contributed by atoms with Gasteiger partial charge < -0.3 is 15.2 Å². The van der Waals surface area contributed by atoms with E-state index in [1.165, 1.54) is 6.08 Å². The second kappa shape index (κ2) is 11.0. The molecule has 4 aromatic carbocycles. The Bertz CT molecular complexity index is 1310. The molecule has 2 N–H and O–H groups in total. The van der Waals surface area contributed by atoms with E-state index in [1.807, 2.05) is 91.0 Å². The van der Waals surface area contributed by atoms with E-state index in [0.29, 0.717) is 23.6 Å². The molecule has 34 heavy (non-hydrogen) atoms. The summed E-state index contributed by atoms with van der Waals surface area (Å²) >= 11 is 0. The van der Waals surface area contributed by atoms with Gasteiger partial charge in [-0.25, -0.2) is 4.79 Å². The topological polar surface area (TPSA) is 75.6 Å². The van der Waals surface area contributed by atoms with Gasteiger partial charge in [0.2, 0.25) is 5.91 Å². The molecule has 0 aliphatic rings. The lowest BCUT2D eigenvalue weighted by atomic mass is 9.97. The zero-order chi connectivity index (χ0) is 23.8. The van der Waals surface area contributed by atoms with Gasteiger partial charge in [-0.3, -0.25) is 4.79 Å². The van der Waals surface area contributed by atoms with E-state index < -0.39 is 5.97 Å². The highest BCUT2D eigenvalue weighted by Gasteiger charge is 2.12. The number of fused-ring (bicyclic) bond motifs is 1. The summed E-state index contributed by atoms with van der Waals surface area (Å²) in [6.07, 6.45) is 3.54. The molecule has 4 rings (SSSR count). The van der Waals surface area contributed by atoms with Crippen LogP contribution in [-0.4, -0.2) is 23.5 Å². The van der Waals surface area contributed by atoms with Crippen molar-refractivity contribution in [2.45, 2.75) is 12.8 Å². The lowest BCUT2D eigenvalue weighted by Crippen LogP contribution is -2.27. The van der Waals surface area contributed by atoms with E-state index in [9.17, 15) is 9.59 Å². The van der Waals surface area contributed by atoms with E-state index in [0.717, 1.165) is 34.4 Å². The summed E-state index contributed by atoms with van der Waals surface area (Å²) < 4.78 is 6.11. The third kappa shape index (κ3) is 6.11. The minimum Gasteiger partial charge on any atom is -0.478 e. The van der Waals surface area contributed by atoms with E-state index in [-0.39, 0.29) is 12.3 Å². The van der Waals surface area contributed by atoms with Gasteiger partial charge in [-0.1, -0.05) is 66.7 Å². The molecule has 0 fully saturated rings. The summed E-state index contributed by atoms with van der Waals surface area (Å²) in [5.74, 6) is 0.210. The lowest BCUT2D eigenvalue weighted by Gasteiger charge is -2.13. The molecule has 0 aliphatic carbocycles. The van der Waals surface area contributed by atoms with E-state index in [4.69, 9.17) is 9.84 Å². The molecule has 170 valence electrons. The number of carbonyl (C=O) groups excluding carboxylic acids is 1. The Kier molecular flexibility index (Phi) is 7.35. The number of hydrogen-bond donors (Lipinski definition) is 2. The molecule has 5 heteroatoms. The molecule has 1 amide bonds. The molecular formula is C29H25NO4. The second-order valence-electron chi connectivity index (χ2n) is 7.88. The summed E-state index contributed by atoms with van der Waals surface area (Å²) in [5, 5.41) is 13.8. The van der Waals surface area contributed by atoms with Crippen LogP contribution < -0.4 is 10.1 Å². The number of ether oxygens (including phenoxy) is 1. The van der Waals surface area contributed by atoms with Crippen LogP contribution in [0.25, 0.3) is 16.8 Å². The van der Waals surface area contributed by atoms with Crippen molar-refractivity contribution in [1.29, 1.82) is 0 Å². The molecule has 0 atom stereocenters. The first-order valence-corrected chi connectivity index (χ1v) is 11.1. The van der Waals surface area contributed by atoms with Crippen LogP contribution in [0.1, 0.15) is 16.7 Å². The summed E-state index contributed by atoms with van der Waals surface area (Å²) in [4.78, 5) is 23.8. The molecule has 0 bridgehead atoms. The SMILES string of the molecule is O=C(O)/C=C/c1cc(CC(=O)NCCc2ccccc2)c2cccc(Oc3ccccc3)c2c1. The highest BCUT2D eigenvalue weighted by atomic mass is 16.5. The van der Waals surface area contributed by atoms with E-state index in [1.54, 1.807) is 0 Å². The van der Waals surface area contributed by atoms with Gasteiger partial charge in [0.1, 0.15) is 11.5 Å². The maximum absolute atomic E-state index is 12.7. The molecule has 0 saturated heterocycles. The fourth-order valence-corrected chi connectivity index (χ4v) is 3.80. The smallest absolute Gasteiger partial charge is 0.328 e. The number of aliphatic carboxylic acids is 1. The average Bonchev–Trinajstić information content (AvgIpc) is 2.84. The Labute approximate surface area is 198 Å². The molecule has 0 spiro atoms. The molecule has 4 aromatic rings. The first-order valence-electron chi connectivity index (χ1n) is 11.1. The van der Waals surface area contributed by atoms with Crippen molar-refractivity contribution < 1.29 is 19.4 Å². The van der Waals surface area contributed by atoms with Crippen LogP contribution in [0.5, 0.6) is 11.5 Å². The Morgan fingerprint density at radius 2 is 1.59 bits per heavy atom. The van der Waals surface area contributed by atoms with Gasteiger partial charge in [0.05, 0.1) is 6.42 Å². The monoisotopic (exact) mass is 451 g/mol. The number of hydrogen-bond acceptors (Lipinski definition) is 3.